The lowest BCUT2D eigenvalue weighted by atomic mass is 9.75. The van der Waals surface area contributed by atoms with E-state index < -0.39 is 0 Å². The Balaban J connectivity index is 1.98. The number of benzene rings is 2. The van der Waals surface area contributed by atoms with Crippen LogP contribution in [0.2, 0.25) is 5.02 Å². The summed E-state index contributed by atoms with van der Waals surface area (Å²) in [6.45, 7) is 3.66. The van der Waals surface area contributed by atoms with Crippen molar-refractivity contribution < 1.29 is 14.6 Å². The van der Waals surface area contributed by atoms with Gasteiger partial charge in [0.05, 0.1) is 12.3 Å². The fourth-order valence-electron chi connectivity index (χ4n) is 4.07. The molecule has 1 aromatic heterocycles. The van der Waals surface area contributed by atoms with Crippen LogP contribution in [-0.2, 0) is 16.0 Å². The van der Waals surface area contributed by atoms with Gasteiger partial charge in [0.15, 0.2) is 0 Å². The number of hydrogen-bond acceptors (Lipinski definition) is 4. The molecule has 4 nitrogen and oxygen atoms in total. The van der Waals surface area contributed by atoms with Crippen molar-refractivity contribution in [1.82, 2.24) is 4.98 Å². The van der Waals surface area contributed by atoms with Gasteiger partial charge in [0.25, 0.3) is 0 Å². The summed E-state index contributed by atoms with van der Waals surface area (Å²) in [5.41, 5.74) is 6.40. The van der Waals surface area contributed by atoms with E-state index in [1.54, 1.807) is 12.3 Å². The van der Waals surface area contributed by atoms with E-state index in [2.05, 4.69) is 4.98 Å². The molecule has 1 unspecified atom stereocenters. The Morgan fingerprint density at radius 2 is 2.04 bits per heavy atom. The zero-order valence-electron chi connectivity index (χ0n) is 15.7. The molecular formula is C23H20ClNO3. The minimum atomic E-state index is -0.318. The summed E-state index contributed by atoms with van der Waals surface area (Å²) in [5.74, 6) is -0.213. The summed E-state index contributed by atoms with van der Waals surface area (Å²) < 4.78 is 5.35. The monoisotopic (exact) mass is 393 g/mol. The van der Waals surface area contributed by atoms with E-state index in [0.29, 0.717) is 11.4 Å². The smallest absolute Gasteiger partial charge is 0.302 e. The number of phenols is 1. The van der Waals surface area contributed by atoms with Crippen LogP contribution >= 0.6 is 11.6 Å². The zero-order chi connectivity index (χ0) is 19.8. The van der Waals surface area contributed by atoms with Gasteiger partial charge in [0.1, 0.15) is 5.75 Å². The van der Waals surface area contributed by atoms with Crippen LogP contribution in [0.25, 0.3) is 22.4 Å². The molecule has 1 atom stereocenters. The largest absolute Gasteiger partial charge is 0.507 e. The molecule has 0 amide bonds. The molecule has 142 valence electrons. The molecule has 1 aliphatic rings. The Hall–Kier alpha value is -2.85. The van der Waals surface area contributed by atoms with Gasteiger partial charge in [0.2, 0.25) is 0 Å². The number of hydrogen-bond donors (Lipinski definition) is 1. The van der Waals surface area contributed by atoms with Crippen molar-refractivity contribution >= 4 is 17.6 Å². The second-order valence-corrected chi connectivity index (χ2v) is 7.46. The van der Waals surface area contributed by atoms with E-state index >= 15 is 0 Å². The summed E-state index contributed by atoms with van der Waals surface area (Å²) in [6.07, 6.45) is 2.40. The number of aryl methyl sites for hydroxylation is 1. The Kier molecular flexibility index (Phi) is 4.82. The topological polar surface area (TPSA) is 59.4 Å². The van der Waals surface area contributed by atoms with Crippen LogP contribution in [0.3, 0.4) is 0 Å². The van der Waals surface area contributed by atoms with Gasteiger partial charge in [-0.1, -0.05) is 29.8 Å². The number of carbonyl (C=O) groups excluding carboxylic acids is 1. The van der Waals surface area contributed by atoms with Gasteiger partial charge < -0.3 is 9.84 Å². The predicted octanol–water partition coefficient (Wildman–Crippen LogP) is 5.29. The molecule has 0 saturated heterocycles. The van der Waals surface area contributed by atoms with Crippen LogP contribution in [0, 0.1) is 6.92 Å². The maximum absolute atomic E-state index is 11.4. The van der Waals surface area contributed by atoms with Gasteiger partial charge >= 0.3 is 5.97 Å². The van der Waals surface area contributed by atoms with E-state index in [4.69, 9.17) is 16.3 Å². The molecule has 3 aromatic rings. The highest BCUT2D eigenvalue weighted by Gasteiger charge is 2.32. The van der Waals surface area contributed by atoms with Crippen LogP contribution in [0.1, 0.15) is 29.5 Å². The fraction of sp³-hybridized carbons (Fsp3) is 0.217. The summed E-state index contributed by atoms with van der Waals surface area (Å²) in [5, 5.41) is 11.3. The number of nitrogens with zero attached hydrogens (tertiary/aromatic N) is 1. The van der Waals surface area contributed by atoms with Crippen LogP contribution < -0.4 is 0 Å². The maximum atomic E-state index is 11.4. The molecule has 0 saturated carbocycles. The maximum Gasteiger partial charge on any atom is 0.302 e. The van der Waals surface area contributed by atoms with E-state index in [1.807, 2.05) is 43.3 Å². The quantitative estimate of drug-likeness (QED) is 0.614. The summed E-state index contributed by atoms with van der Waals surface area (Å²) in [6, 6.07) is 13.2. The standard InChI is InChI=1S/C23H20ClNO3/c1-13-6-9-20(27)23-21(13)15(12-28-14(2)26)11-17-16(7-8-18(24)22(17)23)19-5-3-4-10-25-19/h3-10,15,27H,11-12H2,1-2H3. The van der Waals surface area contributed by atoms with E-state index in [1.165, 1.54) is 6.92 Å². The van der Waals surface area contributed by atoms with Crippen molar-refractivity contribution in [1.29, 1.82) is 0 Å². The Labute approximate surface area is 168 Å². The average molecular weight is 394 g/mol. The van der Waals surface area contributed by atoms with Crippen molar-refractivity contribution in [2.45, 2.75) is 26.2 Å². The first-order valence-electron chi connectivity index (χ1n) is 9.16. The third-order valence-electron chi connectivity index (χ3n) is 5.24. The molecule has 0 fully saturated rings. The Bertz CT molecular complexity index is 1060. The number of carbonyl (C=O) groups is 1. The molecule has 1 N–H and O–H groups in total. The molecule has 5 heteroatoms. The van der Waals surface area contributed by atoms with Crippen LogP contribution in [0.5, 0.6) is 5.75 Å². The molecule has 1 heterocycles. The van der Waals surface area contributed by atoms with Crippen LogP contribution in [0.4, 0.5) is 0 Å². The first kappa shape index (κ1) is 18.5. The molecule has 1 aliphatic carbocycles. The number of phenolic OH excluding ortho intramolecular Hbond substituents is 1. The van der Waals surface area contributed by atoms with Crippen LogP contribution in [0.15, 0.2) is 48.7 Å². The lowest BCUT2D eigenvalue weighted by Gasteiger charge is -2.31. The molecule has 28 heavy (non-hydrogen) atoms. The van der Waals surface area contributed by atoms with Crippen molar-refractivity contribution in [3.8, 4) is 28.1 Å². The number of aromatic nitrogens is 1. The van der Waals surface area contributed by atoms with Gasteiger partial charge in [-0.2, -0.15) is 0 Å². The van der Waals surface area contributed by atoms with Crippen molar-refractivity contribution in [2.24, 2.45) is 0 Å². The zero-order valence-corrected chi connectivity index (χ0v) is 16.5. The van der Waals surface area contributed by atoms with Gasteiger partial charge in [-0.15, -0.1) is 0 Å². The van der Waals surface area contributed by atoms with E-state index in [9.17, 15) is 9.90 Å². The fourth-order valence-corrected chi connectivity index (χ4v) is 4.34. The van der Waals surface area contributed by atoms with Gasteiger partial charge in [-0.3, -0.25) is 9.78 Å². The first-order chi connectivity index (χ1) is 13.5. The minimum absolute atomic E-state index is 0.0700. The van der Waals surface area contributed by atoms with Crippen molar-refractivity contribution in [2.75, 3.05) is 6.61 Å². The molecule has 0 aliphatic heterocycles. The molecule has 2 aromatic carbocycles. The predicted molar refractivity (Wildman–Crippen MR) is 110 cm³/mol. The van der Waals surface area contributed by atoms with Crippen LogP contribution in [-0.4, -0.2) is 22.7 Å². The second kappa shape index (κ2) is 7.28. The molecular weight excluding hydrogens is 374 g/mol. The number of halogens is 1. The molecule has 0 bridgehead atoms. The Morgan fingerprint density at radius 1 is 1.21 bits per heavy atom. The average Bonchev–Trinajstić information content (AvgIpc) is 2.69. The number of pyridine rings is 1. The van der Waals surface area contributed by atoms with Crippen molar-refractivity contribution in [3.63, 3.8) is 0 Å². The third-order valence-corrected chi connectivity index (χ3v) is 5.56. The summed E-state index contributed by atoms with van der Waals surface area (Å²) in [7, 11) is 0. The SMILES string of the molecule is CC(=O)OCC1Cc2c(-c3ccccn3)ccc(Cl)c2-c2c(O)ccc(C)c21. The third kappa shape index (κ3) is 3.14. The van der Waals surface area contributed by atoms with Gasteiger partial charge in [0, 0.05) is 40.8 Å². The number of fused-ring (bicyclic) bond motifs is 3. The number of aromatic hydroxyl groups is 1. The Morgan fingerprint density at radius 3 is 2.75 bits per heavy atom. The highest BCUT2D eigenvalue weighted by molar-refractivity contribution is 6.34. The van der Waals surface area contributed by atoms with Crippen molar-refractivity contribution in [3.05, 3.63) is 70.4 Å². The van der Waals surface area contributed by atoms with Gasteiger partial charge in [-0.05, 0) is 54.3 Å². The van der Waals surface area contributed by atoms with E-state index in [0.717, 1.165) is 39.1 Å². The molecule has 0 spiro atoms. The lowest BCUT2D eigenvalue weighted by Crippen LogP contribution is -2.20. The summed E-state index contributed by atoms with van der Waals surface area (Å²) >= 11 is 6.61. The van der Waals surface area contributed by atoms with Gasteiger partial charge in [-0.25, -0.2) is 0 Å². The minimum Gasteiger partial charge on any atom is -0.507 e. The van der Waals surface area contributed by atoms with E-state index in [-0.39, 0.29) is 24.2 Å². The lowest BCUT2D eigenvalue weighted by molar-refractivity contribution is -0.141. The first-order valence-corrected chi connectivity index (χ1v) is 9.54. The second-order valence-electron chi connectivity index (χ2n) is 7.06. The molecule has 4 rings (SSSR count). The highest BCUT2D eigenvalue weighted by Crippen LogP contribution is 2.50. The number of ether oxygens (including phenoxy) is 1. The number of rotatable bonds is 3. The normalized spacial score (nSPS) is 14.9. The highest BCUT2D eigenvalue weighted by atomic mass is 35.5. The number of esters is 1. The molecule has 0 radical (unpaired) electrons. The summed E-state index contributed by atoms with van der Waals surface area (Å²) in [4.78, 5) is 15.9.